The van der Waals surface area contributed by atoms with Gasteiger partial charge in [0.1, 0.15) is 0 Å². The number of aromatic nitrogens is 2. The first-order valence-corrected chi connectivity index (χ1v) is 11.2. The molecular weight excluding hydrogens is 414 g/mol. The minimum Gasteiger partial charge on any atom is -0.378 e. The molecule has 4 rings (SSSR count). The van der Waals surface area contributed by atoms with Crippen LogP contribution in [0.2, 0.25) is 0 Å². The van der Waals surface area contributed by atoms with Crippen LogP contribution in [-0.2, 0) is 4.79 Å². The van der Waals surface area contributed by atoms with Crippen LogP contribution < -0.4 is 10.3 Å². The number of anilines is 1. The summed E-state index contributed by atoms with van der Waals surface area (Å²) in [6.45, 7) is 0. The molecule has 0 bridgehead atoms. The SMILES string of the molecule is CN(C)c1ccc(-n2cccc2C=NNC(=O)CSc2nc3ccccc3s2)cc1. The van der Waals surface area contributed by atoms with Crippen LogP contribution in [0.15, 0.2) is 76.3 Å². The van der Waals surface area contributed by atoms with Gasteiger partial charge >= 0.3 is 0 Å². The number of hydrogen-bond acceptors (Lipinski definition) is 6. The van der Waals surface area contributed by atoms with Gasteiger partial charge in [-0.2, -0.15) is 5.10 Å². The van der Waals surface area contributed by atoms with Crippen LogP contribution in [0.5, 0.6) is 0 Å². The predicted octanol–water partition coefficient (Wildman–Crippen LogP) is 4.40. The van der Waals surface area contributed by atoms with E-state index in [9.17, 15) is 4.79 Å². The van der Waals surface area contributed by atoms with Crippen LogP contribution in [0, 0.1) is 0 Å². The Balaban J connectivity index is 1.34. The first-order chi connectivity index (χ1) is 14.6. The van der Waals surface area contributed by atoms with E-state index in [-0.39, 0.29) is 11.7 Å². The lowest BCUT2D eigenvalue weighted by molar-refractivity contribution is -0.118. The molecule has 0 aliphatic carbocycles. The summed E-state index contributed by atoms with van der Waals surface area (Å²) in [6.07, 6.45) is 3.62. The molecule has 0 aliphatic rings. The summed E-state index contributed by atoms with van der Waals surface area (Å²) in [4.78, 5) is 18.7. The average Bonchev–Trinajstić information content (AvgIpc) is 3.39. The van der Waals surface area contributed by atoms with E-state index in [4.69, 9.17) is 0 Å². The number of hydrogen-bond donors (Lipinski definition) is 1. The van der Waals surface area contributed by atoms with Gasteiger partial charge in [-0.3, -0.25) is 4.79 Å². The van der Waals surface area contributed by atoms with E-state index in [1.54, 1.807) is 17.6 Å². The highest BCUT2D eigenvalue weighted by Gasteiger charge is 2.07. The van der Waals surface area contributed by atoms with E-state index in [0.29, 0.717) is 0 Å². The summed E-state index contributed by atoms with van der Waals surface area (Å²) in [7, 11) is 4.03. The second-order valence-corrected chi connectivity index (χ2v) is 9.00. The Morgan fingerprint density at radius 1 is 1.17 bits per heavy atom. The van der Waals surface area contributed by atoms with Gasteiger partial charge in [0.25, 0.3) is 5.91 Å². The smallest absolute Gasteiger partial charge is 0.250 e. The van der Waals surface area contributed by atoms with Crippen molar-refractivity contribution in [1.29, 1.82) is 0 Å². The highest BCUT2D eigenvalue weighted by Crippen LogP contribution is 2.29. The topological polar surface area (TPSA) is 62.5 Å². The summed E-state index contributed by atoms with van der Waals surface area (Å²) < 4.78 is 4.02. The number of benzene rings is 2. The fourth-order valence-electron chi connectivity index (χ4n) is 2.89. The molecule has 1 amide bonds. The quantitative estimate of drug-likeness (QED) is 0.266. The number of thioether (sulfide) groups is 1. The fraction of sp³-hybridized carbons (Fsp3) is 0.136. The first-order valence-electron chi connectivity index (χ1n) is 9.35. The van der Waals surface area contributed by atoms with Gasteiger partial charge in [0.05, 0.1) is 27.9 Å². The Kier molecular flexibility index (Phi) is 6.15. The Bertz CT molecular complexity index is 1140. The zero-order chi connectivity index (χ0) is 20.9. The standard InChI is InChI=1S/C22H21N5OS2/c1-26(2)16-9-11-17(12-10-16)27-13-5-6-18(27)14-23-25-21(28)15-29-22-24-19-7-3-4-8-20(19)30-22/h3-14H,15H2,1-2H3,(H,25,28). The van der Waals surface area contributed by atoms with Crippen LogP contribution in [0.4, 0.5) is 5.69 Å². The molecule has 1 N–H and O–H groups in total. The second-order valence-electron chi connectivity index (χ2n) is 6.74. The molecule has 0 radical (unpaired) electrons. The molecule has 2 heterocycles. The molecule has 0 fully saturated rings. The Labute approximate surface area is 183 Å². The van der Waals surface area contributed by atoms with Crippen LogP contribution in [0.25, 0.3) is 15.9 Å². The van der Waals surface area contributed by atoms with Crippen molar-refractivity contribution < 1.29 is 4.79 Å². The molecule has 2 aromatic carbocycles. The third kappa shape index (κ3) is 4.72. The number of amides is 1. The normalized spacial score (nSPS) is 11.3. The molecule has 0 aliphatic heterocycles. The maximum atomic E-state index is 12.1. The van der Waals surface area contributed by atoms with Crippen molar-refractivity contribution in [3.63, 3.8) is 0 Å². The van der Waals surface area contributed by atoms with Crippen LogP contribution in [0.3, 0.4) is 0 Å². The maximum Gasteiger partial charge on any atom is 0.250 e. The first kappa shape index (κ1) is 20.2. The number of fused-ring (bicyclic) bond motifs is 1. The van der Waals surface area contributed by atoms with E-state index in [2.05, 4.69) is 44.7 Å². The summed E-state index contributed by atoms with van der Waals surface area (Å²) in [5, 5.41) is 4.12. The van der Waals surface area contributed by atoms with Crippen LogP contribution in [-0.4, -0.2) is 41.5 Å². The summed E-state index contributed by atoms with van der Waals surface area (Å²) in [6, 6.07) is 20.1. The Morgan fingerprint density at radius 2 is 1.97 bits per heavy atom. The minimum absolute atomic E-state index is 0.163. The van der Waals surface area contributed by atoms with Crippen molar-refractivity contribution in [3.8, 4) is 5.69 Å². The number of nitrogens with one attached hydrogen (secondary N) is 1. The number of hydrazone groups is 1. The molecule has 4 aromatic rings. The van der Waals surface area contributed by atoms with Gasteiger partial charge in [-0.1, -0.05) is 23.9 Å². The molecular formula is C22H21N5OS2. The van der Waals surface area contributed by atoms with E-state index in [0.717, 1.165) is 31.6 Å². The van der Waals surface area contributed by atoms with Crippen molar-refractivity contribution in [2.75, 3.05) is 24.7 Å². The third-order valence-corrected chi connectivity index (χ3v) is 6.59. The van der Waals surface area contributed by atoms with Gasteiger partial charge in [0.15, 0.2) is 4.34 Å². The lowest BCUT2D eigenvalue weighted by Gasteiger charge is -2.13. The lowest BCUT2D eigenvalue weighted by atomic mass is 10.2. The van der Waals surface area contributed by atoms with Gasteiger partial charge in [0.2, 0.25) is 0 Å². The number of nitrogens with zero attached hydrogens (tertiary/aromatic N) is 4. The second kappa shape index (κ2) is 9.15. The van der Waals surface area contributed by atoms with E-state index < -0.39 is 0 Å². The van der Waals surface area contributed by atoms with Crippen molar-refractivity contribution in [2.45, 2.75) is 4.34 Å². The lowest BCUT2D eigenvalue weighted by Crippen LogP contribution is -2.19. The van der Waals surface area contributed by atoms with E-state index in [1.807, 2.05) is 61.3 Å². The Morgan fingerprint density at radius 3 is 2.73 bits per heavy atom. The summed E-state index contributed by atoms with van der Waals surface area (Å²) in [5.41, 5.74) is 6.61. The van der Waals surface area contributed by atoms with Crippen molar-refractivity contribution in [2.24, 2.45) is 5.10 Å². The van der Waals surface area contributed by atoms with E-state index >= 15 is 0 Å². The number of thiazole rings is 1. The maximum absolute atomic E-state index is 12.1. The summed E-state index contributed by atoms with van der Waals surface area (Å²) >= 11 is 3.01. The molecule has 30 heavy (non-hydrogen) atoms. The van der Waals surface area contributed by atoms with Gasteiger partial charge in [-0.05, 0) is 48.5 Å². The number of rotatable bonds is 7. The van der Waals surface area contributed by atoms with Gasteiger partial charge < -0.3 is 9.47 Å². The number of para-hydroxylation sites is 1. The van der Waals surface area contributed by atoms with E-state index in [1.165, 1.54) is 11.8 Å². The van der Waals surface area contributed by atoms with Crippen molar-refractivity contribution in [1.82, 2.24) is 15.0 Å². The fourth-order valence-corrected chi connectivity index (χ4v) is 4.75. The highest BCUT2D eigenvalue weighted by molar-refractivity contribution is 8.01. The van der Waals surface area contributed by atoms with Gasteiger partial charge in [0, 0.05) is 31.7 Å². The van der Waals surface area contributed by atoms with Crippen molar-refractivity contribution in [3.05, 3.63) is 72.6 Å². The van der Waals surface area contributed by atoms with Crippen molar-refractivity contribution >= 4 is 51.1 Å². The Hall–Kier alpha value is -3.10. The molecule has 2 aromatic heterocycles. The minimum atomic E-state index is -0.163. The molecule has 0 saturated heterocycles. The van der Waals surface area contributed by atoms with Crippen LogP contribution in [0.1, 0.15) is 5.69 Å². The zero-order valence-electron chi connectivity index (χ0n) is 16.6. The number of carbonyl (C=O) groups excluding carboxylic acids is 1. The monoisotopic (exact) mass is 435 g/mol. The molecule has 6 nitrogen and oxygen atoms in total. The predicted molar refractivity (Wildman–Crippen MR) is 126 cm³/mol. The zero-order valence-corrected chi connectivity index (χ0v) is 18.3. The summed E-state index contributed by atoms with van der Waals surface area (Å²) in [5.74, 6) is 0.105. The van der Waals surface area contributed by atoms with Gasteiger partial charge in [-0.15, -0.1) is 11.3 Å². The molecule has 0 unspecified atom stereocenters. The average molecular weight is 436 g/mol. The molecule has 8 heteroatoms. The molecule has 0 atom stereocenters. The van der Waals surface area contributed by atoms with Crippen LogP contribution >= 0.6 is 23.1 Å². The molecule has 152 valence electrons. The molecule has 0 saturated carbocycles. The third-order valence-electron chi connectivity index (χ3n) is 4.41. The largest absolute Gasteiger partial charge is 0.378 e. The molecule has 0 spiro atoms. The highest BCUT2D eigenvalue weighted by atomic mass is 32.2. The number of carbonyl (C=O) groups is 1. The van der Waals surface area contributed by atoms with Gasteiger partial charge in [-0.25, -0.2) is 10.4 Å².